The van der Waals surface area contributed by atoms with Crippen molar-refractivity contribution in [3.8, 4) is 0 Å². The fourth-order valence-corrected chi connectivity index (χ4v) is 6.74. The molecular formula is C21H24O4. The normalized spacial score (nSPS) is 49.4. The number of hydrogen-bond donors (Lipinski definition) is 1. The molecule has 1 N–H and O–H groups in total. The van der Waals surface area contributed by atoms with E-state index in [-0.39, 0.29) is 34.1 Å². The molecule has 25 heavy (non-hydrogen) atoms. The lowest BCUT2D eigenvalue weighted by molar-refractivity contribution is -0.120. The van der Waals surface area contributed by atoms with Gasteiger partial charge in [-0.25, -0.2) is 0 Å². The van der Waals surface area contributed by atoms with E-state index >= 15 is 0 Å². The molecule has 1 spiro atoms. The molecule has 5 rings (SSSR count). The number of Topliss-reactive ketones (excluding diaryl/α,β-unsaturated/α-hetero) is 1. The van der Waals surface area contributed by atoms with Gasteiger partial charge in [-0.15, -0.1) is 0 Å². The molecule has 4 nitrogen and oxygen atoms in total. The summed E-state index contributed by atoms with van der Waals surface area (Å²) in [6.07, 6.45) is 11.4. The van der Waals surface area contributed by atoms with Gasteiger partial charge in [-0.05, 0) is 62.2 Å². The molecule has 0 aromatic rings. The minimum absolute atomic E-state index is 0.0820. The number of ketones is 2. The number of carbonyl (C=O) groups excluding carboxylic acids is 2. The third-order valence-electron chi connectivity index (χ3n) is 7.96. The summed E-state index contributed by atoms with van der Waals surface area (Å²) in [6, 6.07) is 0. The molecule has 0 radical (unpaired) electrons. The third kappa shape index (κ3) is 1.65. The molecule has 1 saturated heterocycles. The van der Waals surface area contributed by atoms with E-state index in [2.05, 4.69) is 26.0 Å². The molecule has 4 heteroatoms. The average molecular weight is 340 g/mol. The zero-order valence-electron chi connectivity index (χ0n) is 14.7. The Morgan fingerprint density at radius 3 is 2.92 bits per heavy atom. The Morgan fingerprint density at radius 2 is 2.16 bits per heavy atom. The second-order valence-corrected chi connectivity index (χ2v) is 8.82. The van der Waals surface area contributed by atoms with Crippen LogP contribution in [0.1, 0.15) is 39.5 Å². The highest BCUT2D eigenvalue weighted by molar-refractivity contribution is 6.01. The van der Waals surface area contributed by atoms with E-state index in [0.29, 0.717) is 11.8 Å². The maximum absolute atomic E-state index is 12.3. The highest BCUT2D eigenvalue weighted by Gasteiger charge is 2.78. The van der Waals surface area contributed by atoms with Gasteiger partial charge in [0.25, 0.3) is 0 Å². The first-order chi connectivity index (χ1) is 11.9. The molecule has 1 aliphatic heterocycles. The van der Waals surface area contributed by atoms with Gasteiger partial charge in [-0.2, -0.15) is 0 Å². The zero-order valence-corrected chi connectivity index (χ0v) is 14.7. The van der Waals surface area contributed by atoms with Crippen molar-refractivity contribution in [2.24, 2.45) is 22.7 Å². The first kappa shape index (κ1) is 15.7. The minimum atomic E-state index is -0.412. The number of fused-ring (bicyclic) bond motifs is 3. The summed E-state index contributed by atoms with van der Waals surface area (Å²) >= 11 is 0. The largest absolute Gasteiger partial charge is 0.388 e. The lowest BCUT2D eigenvalue weighted by Crippen LogP contribution is -2.56. The van der Waals surface area contributed by atoms with Crippen LogP contribution in [-0.2, 0) is 14.3 Å². The molecule has 4 aliphatic carbocycles. The molecule has 132 valence electrons. The summed E-state index contributed by atoms with van der Waals surface area (Å²) < 4.78 is 6.44. The highest BCUT2D eigenvalue weighted by atomic mass is 16.6. The van der Waals surface area contributed by atoms with Crippen LogP contribution in [0.2, 0.25) is 0 Å². The summed E-state index contributed by atoms with van der Waals surface area (Å²) in [5.41, 5.74) is 1.40. The molecule has 0 aromatic carbocycles. The van der Waals surface area contributed by atoms with Crippen molar-refractivity contribution in [3.63, 3.8) is 0 Å². The van der Waals surface area contributed by atoms with Crippen LogP contribution in [0.15, 0.2) is 35.5 Å². The van der Waals surface area contributed by atoms with Gasteiger partial charge in [-0.3, -0.25) is 9.59 Å². The Bertz CT molecular complexity index is 790. The van der Waals surface area contributed by atoms with Crippen molar-refractivity contribution in [2.75, 3.05) is 6.61 Å². The number of hydrogen-bond acceptors (Lipinski definition) is 4. The van der Waals surface area contributed by atoms with Crippen LogP contribution in [0.3, 0.4) is 0 Å². The van der Waals surface area contributed by atoms with E-state index in [1.807, 2.05) is 6.08 Å². The Morgan fingerprint density at radius 1 is 1.36 bits per heavy atom. The van der Waals surface area contributed by atoms with Crippen molar-refractivity contribution in [1.82, 2.24) is 0 Å². The van der Waals surface area contributed by atoms with Gasteiger partial charge in [0.15, 0.2) is 11.6 Å². The number of aliphatic hydroxyl groups excluding tert-OH is 1. The molecule has 6 atom stereocenters. The SMILES string of the molecule is C[C@]12C=CC(=O)C=C1CCC1C3CC=C(C(=O)CO)[C@@]3(C)C[C@@H]3O[C@]132. The first-order valence-electron chi connectivity index (χ1n) is 9.33. The van der Waals surface area contributed by atoms with Crippen LogP contribution in [0.25, 0.3) is 0 Å². The van der Waals surface area contributed by atoms with E-state index < -0.39 is 6.61 Å². The number of allylic oxidation sites excluding steroid dienone is 3. The van der Waals surface area contributed by atoms with Crippen LogP contribution in [0.4, 0.5) is 0 Å². The van der Waals surface area contributed by atoms with Gasteiger partial charge in [0.2, 0.25) is 0 Å². The van der Waals surface area contributed by atoms with Crippen molar-refractivity contribution < 1.29 is 19.4 Å². The van der Waals surface area contributed by atoms with Gasteiger partial charge in [-0.1, -0.05) is 24.6 Å². The molecule has 0 aromatic heterocycles. The van der Waals surface area contributed by atoms with E-state index in [9.17, 15) is 14.7 Å². The summed E-state index contributed by atoms with van der Waals surface area (Å²) in [4.78, 5) is 24.1. The number of ether oxygens (including phenoxy) is 1. The quantitative estimate of drug-likeness (QED) is 0.785. The third-order valence-corrected chi connectivity index (χ3v) is 7.96. The Hall–Kier alpha value is -1.52. The monoisotopic (exact) mass is 340 g/mol. The summed E-state index contributed by atoms with van der Waals surface area (Å²) in [6.45, 7) is 3.99. The van der Waals surface area contributed by atoms with Gasteiger partial charge < -0.3 is 9.84 Å². The van der Waals surface area contributed by atoms with E-state index in [0.717, 1.165) is 31.3 Å². The summed E-state index contributed by atoms with van der Waals surface area (Å²) in [5.74, 6) is 0.708. The Kier molecular flexibility index (Phi) is 2.89. The molecule has 1 heterocycles. The Labute approximate surface area is 147 Å². The van der Waals surface area contributed by atoms with Crippen LogP contribution in [0, 0.1) is 22.7 Å². The summed E-state index contributed by atoms with van der Waals surface area (Å²) in [7, 11) is 0. The second-order valence-electron chi connectivity index (χ2n) is 8.82. The van der Waals surface area contributed by atoms with Gasteiger partial charge in [0, 0.05) is 10.8 Å². The van der Waals surface area contributed by atoms with E-state index in [4.69, 9.17) is 4.74 Å². The van der Waals surface area contributed by atoms with E-state index in [1.165, 1.54) is 5.57 Å². The van der Waals surface area contributed by atoms with E-state index in [1.54, 1.807) is 6.08 Å². The lowest BCUT2D eigenvalue weighted by atomic mass is 9.47. The average Bonchev–Trinajstić information content (AvgIpc) is 3.20. The standard InChI is InChI=1S/C21H24O4/c1-19-10-18-21(25-18)15(14(19)5-6-16(19)17(24)11-22)4-3-12-9-13(23)7-8-20(12,21)2/h6-9,14-15,18,22H,3-5,10-11H2,1-2H3/t14?,15?,18-,19-,20-,21+/m0/s1. The fraction of sp³-hybridized carbons (Fsp3) is 0.619. The second kappa shape index (κ2) is 4.60. The topological polar surface area (TPSA) is 66.9 Å². The maximum Gasteiger partial charge on any atom is 0.184 e. The van der Waals surface area contributed by atoms with Crippen LogP contribution in [-0.4, -0.2) is 35.0 Å². The van der Waals surface area contributed by atoms with Crippen molar-refractivity contribution in [2.45, 2.75) is 51.2 Å². The van der Waals surface area contributed by atoms with Gasteiger partial charge >= 0.3 is 0 Å². The van der Waals surface area contributed by atoms with Crippen molar-refractivity contribution >= 4 is 11.6 Å². The smallest absolute Gasteiger partial charge is 0.184 e. The Balaban J connectivity index is 1.56. The number of aliphatic hydroxyl groups is 1. The molecule has 0 bridgehead atoms. The molecule has 2 unspecified atom stereocenters. The van der Waals surface area contributed by atoms with Crippen molar-refractivity contribution in [1.29, 1.82) is 0 Å². The first-order valence-corrected chi connectivity index (χ1v) is 9.33. The predicted molar refractivity (Wildman–Crippen MR) is 91.7 cm³/mol. The maximum atomic E-state index is 12.3. The van der Waals surface area contributed by atoms with Crippen LogP contribution in [0.5, 0.6) is 0 Å². The van der Waals surface area contributed by atoms with Crippen molar-refractivity contribution in [3.05, 3.63) is 35.5 Å². The highest BCUT2D eigenvalue weighted by Crippen LogP contribution is 2.74. The number of rotatable bonds is 2. The van der Waals surface area contributed by atoms with Crippen LogP contribution >= 0.6 is 0 Å². The number of carbonyl (C=O) groups is 2. The molecule has 2 saturated carbocycles. The van der Waals surface area contributed by atoms with Crippen LogP contribution < -0.4 is 0 Å². The molecular weight excluding hydrogens is 316 g/mol. The fourth-order valence-electron chi connectivity index (χ4n) is 6.74. The van der Waals surface area contributed by atoms with Gasteiger partial charge in [0.05, 0.1) is 6.10 Å². The lowest BCUT2D eigenvalue weighted by Gasteiger charge is -2.54. The molecule has 5 aliphatic rings. The molecule has 0 amide bonds. The predicted octanol–water partition coefficient (Wildman–Crippen LogP) is 2.52. The van der Waals surface area contributed by atoms with Gasteiger partial charge in [0.1, 0.15) is 12.2 Å². The minimum Gasteiger partial charge on any atom is -0.388 e. The zero-order chi connectivity index (χ0) is 17.6. The molecule has 3 fully saturated rings. The summed E-state index contributed by atoms with van der Waals surface area (Å²) in [5, 5.41) is 9.36. The number of epoxide rings is 1.